The summed E-state index contributed by atoms with van der Waals surface area (Å²) in [5.41, 5.74) is -0.423. The molecule has 3 rings (SSSR count). The summed E-state index contributed by atoms with van der Waals surface area (Å²) in [6, 6.07) is 14.8. The van der Waals surface area contributed by atoms with Gasteiger partial charge >= 0.3 is 18.0 Å². The van der Waals surface area contributed by atoms with E-state index in [2.05, 4.69) is 0 Å². The first-order valence-corrected chi connectivity index (χ1v) is 12.5. The summed E-state index contributed by atoms with van der Waals surface area (Å²) in [5.74, 6) is -3.81. The number of esters is 2. The average Bonchev–Trinajstić information content (AvgIpc) is 3.23. The van der Waals surface area contributed by atoms with E-state index in [0.29, 0.717) is 17.1 Å². The second-order valence-electron chi connectivity index (χ2n) is 9.53. The molecule has 0 saturated carbocycles. The predicted octanol–water partition coefficient (Wildman–Crippen LogP) is 5.01. The van der Waals surface area contributed by atoms with Crippen LogP contribution in [0.4, 0.5) is 4.79 Å². The number of amides is 2. The van der Waals surface area contributed by atoms with Crippen LogP contribution in [0.5, 0.6) is 11.5 Å². The van der Waals surface area contributed by atoms with Crippen molar-refractivity contribution >= 4 is 23.9 Å². The maximum absolute atomic E-state index is 13.2. The van der Waals surface area contributed by atoms with Crippen LogP contribution in [-0.2, 0) is 28.6 Å². The van der Waals surface area contributed by atoms with Crippen LogP contribution in [-0.4, -0.2) is 53.7 Å². The van der Waals surface area contributed by atoms with Gasteiger partial charge < -0.3 is 18.9 Å². The van der Waals surface area contributed by atoms with E-state index in [1.165, 1.54) is 12.2 Å². The highest BCUT2D eigenvalue weighted by atomic mass is 16.6. The smallest absolute Gasteiger partial charge is 0.417 e. The lowest BCUT2D eigenvalue weighted by Gasteiger charge is -2.34. The number of ether oxygens (including phenoxy) is 4. The van der Waals surface area contributed by atoms with Gasteiger partial charge in [-0.05, 0) is 64.4 Å². The van der Waals surface area contributed by atoms with Crippen LogP contribution in [0.2, 0.25) is 0 Å². The Hall–Kier alpha value is -4.14. The normalized spacial score (nSPS) is 15.8. The maximum atomic E-state index is 13.2. The third-order valence-electron chi connectivity index (χ3n) is 5.59. The molecule has 0 fully saturated rings. The van der Waals surface area contributed by atoms with Crippen molar-refractivity contribution in [3.05, 3.63) is 72.3 Å². The molecule has 202 valence electrons. The second-order valence-corrected chi connectivity index (χ2v) is 9.53. The van der Waals surface area contributed by atoms with Gasteiger partial charge in [-0.25, -0.2) is 9.69 Å². The molecule has 0 N–H and O–H groups in total. The van der Waals surface area contributed by atoms with Crippen LogP contribution in [0, 0.1) is 5.92 Å². The zero-order valence-corrected chi connectivity index (χ0v) is 22.2. The molecule has 2 atom stereocenters. The first-order valence-electron chi connectivity index (χ1n) is 12.5. The third kappa shape index (κ3) is 7.00. The molecule has 0 bridgehead atoms. The van der Waals surface area contributed by atoms with Crippen molar-refractivity contribution in [1.82, 2.24) is 4.90 Å². The summed E-state index contributed by atoms with van der Waals surface area (Å²) in [7, 11) is 0. The molecular formula is C29H33NO8. The van der Waals surface area contributed by atoms with E-state index in [-0.39, 0.29) is 13.2 Å². The van der Waals surface area contributed by atoms with Crippen molar-refractivity contribution in [2.45, 2.75) is 52.2 Å². The van der Waals surface area contributed by atoms with Crippen LogP contribution in [0.1, 0.15) is 46.1 Å². The topological polar surface area (TPSA) is 108 Å². The molecule has 2 amide bonds. The first kappa shape index (κ1) is 28.4. The fourth-order valence-electron chi connectivity index (χ4n) is 4.15. The average molecular weight is 524 g/mol. The Morgan fingerprint density at radius 1 is 0.895 bits per heavy atom. The Balaban J connectivity index is 2.13. The van der Waals surface area contributed by atoms with Gasteiger partial charge in [0.2, 0.25) is 0 Å². The Labute approximate surface area is 222 Å². The highest BCUT2D eigenvalue weighted by Gasteiger charge is 2.48. The van der Waals surface area contributed by atoms with Crippen LogP contribution >= 0.6 is 0 Å². The predicted molar refractivity (Wildman–Crippen MR) is 138 cm³/mol. The zero-order valence-electron chi connectivity index (χ0n) is 22.2. The number of hydrogen-bond donors (Lipinski definition) is 0. The largest absolute Gasteiger partial charge is 0.465 e. The van der Waals surface area contributed by atoms with E-state index in [1.54, 1.807) is 71.0 Å². The number of carbonyl (C=O) groups is 4. The molecule has 1 heterocycles. The molecule has 9 nitrogen and oxygen atoms in total. The number of carbonyl (C=O) groups excluding carboxylic acids is 4. The first-order chi connectivity index (χ1) is 18.1. The summed E-state index contributed by atoms with van der Waals surface area (Å²) in [6.45, 7) is 8.31. The molecular weight excluding hydrogens is 490 g/mol. The van der Waals surface area contributed by atoms with Crippen molar-refractivity contribution < 1.29 is 38.1 Å². The molecule has 0 aliphatic carbocycles. The van der Waals surface area contributed by atoms with E-state index in [9.17, 15) is 19.2 Å². The van der Waals surface area contributed by atoms with Gasteiger partial charge in [0.05, 0.1) is 19.3 Å². The standard InChI is InChI=1S/C29H33NO8/c1-6-35-26(32)25(27(33)36-7-2)24(22-16-17-23(31)30(22)28(34)38-29(3,4)5)19-12-11-15-21(18-19)37-20-13-9-8-10-14-20/h8-18,22,24-25H,6-7H2,1-5H3/t22-,24-/m0/s1. The van der Waals surface area contributed by atoms with Crippen LogP contribution in [0.15, 0.2) is 66.7 Å². The van der Waals surface area contributed by atoms with E-state index in [1.807, 2.05) is 18.2 Å². The van der Waals surface area contributed by atoms with Crippen LogP contribution in [0.25, 0.3) is 0 Å². The number of imide groups is 1. The molecule has 0 unspecified atom stereocenters. The molecule has 0 spiro atoms. The number of nitrogens with zero attached hydrogens (tertiary/aromatic N) is 1. The Morgan fingerprint density at radius 2 is 1.50 bits per heavy atom. The third-order valence-corrected chi connectivity index (χ3v) is 5.59. The minimum absolute atomic E-state index is 0.0217. The minimum atomic E-state index is -1.48. The van der Waals surface area contributed by atoms with Gasteiger partial charge in [-0.3, -0.25) is 14.4 Å². The minimum Gasteiger partial charge on any atom is -0.465 e. The van der Waals surface area contributed by atoms with Gasteiger partial charge in [0.25, 0.3) is 5.91 Å². The van der Waals surface area contributed by atoms with Gasteiger partial charge in [-0.1, -0.05) is 36.4 Å². The van der Waals surface area contributed by atoms with Gasteiger partial charge in [-0.2, -0.15) is 0 Å². The van der Waals surface area contributed by atoms with Gasteiger partial charge in [-0.15, -0.1) is 0 Å². The summed E-state index contributed by atoms with van der Waals surface area (Å²) in [6.07, 6.45) is 1.80. The van der Waals surface area contributed by atoms with Crippen LogP contribution < -0.4 is 4.74 Å². The van der Waals surface area contributed by atoms with Crippen molar-refractivity contribution in [3.63, 3.8) is 0 Å². The molecule has 2 aromatic carbocycles. The van der Waals surface area contributed by atoms with Crippen molar-refractivity contribution in [2.75, 3.05) is 13.2 Å². The monoisotopic (exact) mass is 523 g/mol. The highest BCUT2D eigenvalue weighted by Crippen LogP contribution is 2.38. The van der Waals surface area contributed by atoms with E-state index >= 15 is 0 Å². The summed E-state index contributed by atoms with van der Waals surface area (Å²) < 4.78 is 21.9. The molecule has 0 saturated heterocycles. The maximum Gasteiger partial charge on any atom is 0.417 e. The Kier molecular flexibility index (Phi) is 9.28. The zero-order chi connectivity index (χ0) is 27.9. The molecule has 9 heteroatoms. The molecule has 0 radical (unpaired) electrons. The summed E-state index contributed by atoms with van der Waals surface area (Å²) in [4.78, 5) is 53.3. The molecule has 0 aromatic heterocycles. The lowest BCUT2D eigenvalue weighted by Crippen LogP contribution is -2.49. The molecule has 38 heavy (non-hydrogen) atoms. The quantitative estimate of drug-likeness (QED) is 0.256. The Morgan fingerprint density at radius 3 is 2.08 bits per heavy atom. The van der Waals surface area contributed by atoms with Crippen molar-refractivity contribution in [2.24, 2.45) is 5.92 Å². The molecule has 2 aromatic rings. The highest BCUT2D eigenvalue weighted by molar-refractivity contribution is 6.02. The summed E-state index contributed by atoms with van der Waals surface area (Å²) in [5, 5.41) is 0. The van der Waals surface area contributed by atoms with Gasteiger partial charge in [0, 0.05) is 12.0 Å². The SMILES string of the molecule is CCOC(=O)C(C(=O)OCC)[C@@H](c1cccc(Oc2ccccc2)c1)[C@@H]1C=CC(=O)N1C(=O)OC(C)(C)C. The number of rotatable bonds is 9. The van der Waals surface area contributed by atoms with Crippen molar-refractivity contribution in [1.29, 1.82) is 0 Å². The van der Waals surface area contributed by atoms with Gasteiger partial charge in [0.1, 0.15) is 17.1 Å². The fraction of sp³-hybridized carbons (Fsp3) is 0.379. The lowest BCUT2D eigenvalue weighted by molar-refractivity contribution is -0.164. The van der Waals surface area contributed by atoms with Crippen LogP contribution in [0.3, 0.4) is 0 Å². The molecule has 1 aliphatic rings. The van der Waals surface area contributed by atoms with E-state index in [0.717, 1.165) is 4.90 Å². The van der Waals surface area contributed by atoms with Crippen molar-refractivity contribution in [3.8, 4) is 11.5 Å². The summed E-state index contributed by atoms with van der Waals surface area (Å²) >= 11 is 0. The number of para-hydroxylation sites is 1. The Bertz CT molecular complexity index is 1170. The number of hydrogen-bond acceptors (Lipinski definition) is 8. The lowest BCUT2D eigenvalue weighted by atomic mass is 9.80. The molecule has 1 aliphatic heterocycles. The second kappa shape index (κ2) is 12.4. The number of benzene rings is 2. The van der Waals surface area contributed by atoms with E-state index in [4.69, 9.17) is 18.9 Å². The fourth-order valence-corrected chi connectivity index (χ4v) is 4.15. The van der Waals surface area contributed by atoms with Gasteiger partial charge in [0.15, 0.2) is 5.92 Å². The van der Waals surface area contributed by atoms with E-state index < -0.39 is 47.4 Å².